The number of rotatable bonds is 3. The van der Waals surface area contributed by atoms with E-state index < -0.39 is 0 Å². The van der Waals surface area contributed by atoms with Crippen LogP contribution >= 0.6 is 0 Å². The number of nitriles is 1. The summed E-state index contributed by atoms with van der Waals surface area (Å²) in [5.74, 6) is 0.641. The molecule has 17 heavy (non-hydrogen) atoms. The molecule has 2 aromatic rings. The van der Waals surface area contributed by atoms with Gasteiger partial charge in [0, 0.05) is 6.20 Å². The predicted molar refractivity (Wildman–Crippen MR) is 64.1 cm³/mol. The summed E-state index contributed by atoms with van der Waals surface area (Å²) >= 11 is 0. The fourth-order valence-electron chi connectivity index (χ4n) is 1.40. The minimum Gasteiger partial charge on any atom is -0.487 e. The summed E-state index contributed by atoms with van der Waals surface area (Å²) < 4.78 is 5.56. The van der Waals surface area contributed by atoms with Gasteiger partial charge in [0.15, 0.2) is 0 Å². The van der Waals surface area contributed by atoms with Crippen molar-refractivity contribution in [2.75, 3.05) is 5.73 Å². The predicted octanol–water partition coefficient (Wildman–Crippen LogP) is 2.11. The van der Waals surface area contributed by atoms with Crippen molar-refractivity contribution in [1.29, 1.82) is 5.26 Å². The molecular formula is C13H11N3O. The molecule has 2 rings (SSSR count). The van der Waals surface area contributed by atoms with Crippen molar-refractivity contribution in [1.82, 2.24) is 4.98 Å². The zero-order chi connectivity index (χ0) is 12.1. The van der Waals surface area contributed by atoms with Crippen molar-refractivity contribution < 1.29 is 4.74 Å². The number of aromatic nitrogens is 1. The van der Waals surface area contributed by atoms with Crippen LogP contribution in [-0.2, 0) is 6.61 Å². The van der Waals surface area contributed by atoms with Gasteiger partial charge in [0.1, 0.15) is 24.1 Å². The van der Waals surface area contributed by atoms with E-state index in [9.17, 15) is 0 Å². The van der Waals surface area contributed by atoms with Crippen LogP contribution in [0.25, 0.3) is 0 Å². The molecule has 0 aliphatic carbocycles. The van der Waals surface area contributed by atoms with E-state index in [1.807, 2.05) is 24.3 Å². The first-order chi connectivity index (χ1) is 8.29. The summed E-state index contributed by atoms with van der Waals surface area (Å²) in [6, 6.07) is 12.8. The number of para-hydroxylation sites is 2. The number of hydrogen-bond donors (Lipinski definition) is 1. The molecule has 2 N–H and O–H groups in total. The third kappa shape index (κ3) is 2.73. The summed E-state index contributed by atoms with van der Waals surface area (Å²) in [6.45, 7) is 0.366. The second-order valence-corrected chi connectivity index (χ2v) is 3.49. The van der Waals surface area contributed by atoms with Crippen LogP contribution in [0.2, 0.25) is 0 Å². The number of nitrogens with two attached hydrogens (primary N) is 1. The highest BCUT2D eigenvalue weighted by molar-refractivity contribution is 5.51. The fourth-order valence-corrected chi connectivity index (χ4v) is 1.40. The van der Waals surface area contributed by atoms with Crippen molar-refractivity contribution in [2.24, 2.45) is 0 Å². The smallest absolute Gasteiger partial charge is 0.142 e. The molecule has 4 heteroatoms. The second kappa shape index (κ2) is 4.99. The lowest BCUT2D eigenvalue weighted by atomic mass is 10.2. The maximum absolute atomic E-state index is 8.72. The Morgan fingerprint density at radius 3 is 2.88 bits per heavy atom. The van der Waals surface area contributed by atoms with Gasteiger partial charge in [-0.1, -0.05) is 12.1 Å². The van der Waals surface area contributed by atoms with Gasteiger partial charge in [0.05, 0.1) is 5.69 Å². The van der Waals surface area contributed by atoms with E-state index in [2.05, 4.69) is 4.98 Å². The molecule has 0 unspecified atom stereocenters. The molecule has 0 fully saturated rings. The molecule has 84 valence electrons. The van der Waals surface area contributed by atoms with Gasteiger partial charge in [-0.3, -0.25) is 0 Å². The Labute approximate surface area is 99.3 Å². The number of nitrogens with zero attached hydrogens (tertiary/aromatic N) is 2. The van der Waals surface area contributed by atoms with E-state index in [-0.39, 0.29) is 0 Å². The van der Waals surface area contributed by atoms with Crippen LogP contribution in [0.3, 0.4) is 0 Å². The minimum absolute atomic E-state index is 0.366. The highest BCUT2D eigenvalue weighted by Gasteiger charge is 2.00. The molecule has 1 aromatic carbocycles. The van der Waals surface area contributed by atoms with Crippen molar-refractivity contribution in [3.63, 3.8) is 0 Å². The van der Waals surface area contributed by atoms with Gasteiger partial charge in [-0.05, 0) is 29.8 Å². The van der Waals surface area contributed by atoms with Crippen molar-refractivity contribution in [2.45, 2.75) is 6.61 Å². The number of pyridine rings is 1. The number of hydrogen-bond acceptors (Lipinski definition) is 4. The van der Waals surface area contributed by atoms with Gasteiger partial charge in [0.2, 0.25) is 0 Å². The van der Waals surface area contributed by atoms with Crippen LogP contribution in [-0.4, -0.2) is 4.98 Å². The Hall–Kier alpha value is -2.54. The fraction of sp³-hybridized carbons (Fsp3) is 0.0769. The van der Waals surface area contributed by atoms with Crippen molar-refractivity contribution in [3.8, 4) is 11.8 Å². The van der Waals surface area contributed by atoms with Crippen LogP contribution in [0.1, 0.15) is 11.3 Å². The van der Waals surface area contributed by atoms with Crippen LogP contribution in [0, 0.1) is 11.3 Å². The normalized spacial score (nSPS) is 9.59. The number of ether oxygens (including phenoxy) is 1. The van der Waals surface area contributed by atoms with Gasteiger partial charge in [-0.25, -0.2) is 4.98 Å². The van der Waals surface area contributed by atoms with Gasteiger partial charge >= 0.3 is 0 Å². The van der Waals surface area contributed by atoms with Gasteiger partial charge in [-0.2, -0.15) is 5.26 Å². The zero-order valence-corrected chi connectivity index (χ0v) is 9.13. The molecule has 0 aliphatic heterocycles. The first-order valence-electron chi connectivity index (χ1n) is 5.12. The van der Waals surface area contributed by atoms with E-state index in [0.29, 0.717) is 23.7 Å². The number of benzene rings is 1. The minimum atomic E-state index is 0.366. The third-order valence-corrected chi connectivity index (χ3v) is 2.25. The number of nitrogen functional groups attached to an aromatic ring is 1. The SMILES string of the molecule is N#Cc1cc(COc2ccccc2N)ccn1. The summed E-state index contributed by atoms with van der Waals surface area (Å²) in [4.78, 5) is 3.89. The first kappa shape index (κ1) is 11.0. The Bertz CT molecular complexity index is 561. The van der Waals surface area contributed by atoms with Crippen molar-refractivity contribution >= 4 is 5.69 Å². The number of anilines is 1. The quantitative estimate of drug-likeness (QED) is 0.812. The summed E-state index contributed by atoms with van der Waals surface area (Å²) in [5, 5.41) is 8.72. The van der Waals surface area contributed by atoms with Crippen LogP contribution in [0.4, 0.5) is 5.69 Å². The molecular weight excluding hydrogens is 214 g/mol. The topological polar surface area (TPSA) is 71.9 Å². The van der Waals surface area contributed by atoms with Gasteiger partial charge in [-0.15, -0.1) is 0 Å². The molecule has 1 aromatic heterocycles. The molecule has 0 aliphatic rings. The molecule has 0 amide bonds. The Morgan fingerprint density at radius 1 is 1.29 bits per heavy atom. The highest BCUT2D eigenvalue weighted by atomic mass is 16.5. The molecule has 0 saturated heterocycles. The molecule has 0 spiro atoms. The summed E-state index contributed by atoms with van der Waals surface area (Å²) in [7, 11) is 0. The van der Waals surface area contributed by atoms with Crippen molar-refractivity contribution in [3.05, 3.63) is 53.9 Å². The van der Waals surface area contributed by atoms with E-state index in [4.69, 9.17) is 15.7 Å². The lowest BCUT2D eigenvalue weighted by Crippen LogP contribution is -1.99. The van der Waals surface area contributed by atoms with Crippen LogP contribution < -0.4 is 10.5 Å². The average Bonchev–Trinajstić information content (AvgIpc) is 2.38. The van der Waals surface area contributed by atoms with E-state index in [0.717, 1.165) is 5.56 Å². The Balaban J connectivity index is 2.08. The first-order valence-corrected chi connectivity index (χ1v) is 5.12. The zero-order valence-electron chi connectivity index (χ0n) is 9.13. The van der Waals surface area contributed by atoms with E-state index in [1.165, 1.54) is 0 Å². The van der Waals surface area contributed by atoms with Gasteiger partial charge in [0.25, 0.3) is 0 Å². The highest BCUT2D eigenvalue weighted by Crippen LogP contribution is 2.20. The lowest BCUT2D eigenvalue weighted by Gasteiger charge is -2.08. The van der Waals surface area contributed by atoms with Crippen LogP contribution in [0.15, 0.2) is 42.6 Å². The summed E-state index contributed by atoms with van der Waals surface area (Å²) in [5.41, 5.74) is 7.62. The standard InChI is InChI=1S/C13H11N3O/c14-8-11-7-10(5-6-16-11)9-17-13-4-2-1-3-12(13)15/h1-7H,9,15H2. The largest absolute Gasteiger partial charge is 0.487 e. The van der Waals surface area contributed by atoms with E-state index in [1.54, 1.807) is 24.4 Å². The molecule has 0 saturated carbocycles. The maximum atomic E-state index is 8.72. The molecule has 0 atom stereocenters. The molecule has 1 heterocycles. The molecule has 4 nitrogen and oxygen atoms in total. The third-order valence-electron chi connectivity index (χ3n) is 2.25. The molecule has 0 radical (unpaired) electrons. The summed E-state index contributed by atoms with van der Waals surface area (Å²) in [6.07, 6.45) is 1.59. The van der Waals surface area contributed by atoms with Crippen LogP contribution in [0.5, 0.6) is 5.75 Å². The molecule has 0 bridgehead atoms. The maximum Gasteiger partial charge on any atom is 0.142 e. The van der Waals surface area contributed by atoms with Gasteiger partial charge < -0.3 is 10.5 Å². The van der Waals surface area contributed by atoms with E-state index >= 15 is 0 Å². The second-order valence-electron chi connectivity index (χ2n) is 3.49. The lowest BCUT2D eigenvalue weighted by molar-refractivity contribution is 0.308. The monoisotopic (exact) mass is 225 g/mol. The Morgan fingerprint density at radius 2 is 2.12 bits per heavy atom. The Kier molecular flexibility index (Phi) is 3.22. The average molecular weight is 225 g/mol.